The largest absolute Gasteiger partial charge is 0.455 e. The van der Waals surface area contributed by atoms with Gasteiger partial charge in [0.25, 0.3) is 0 Å². The van der Waals surface area contributed by atoms with Gasteiger partial charge in [-0.2, -0.15) is 0 Å². The van der Waals surface area contributed by atoms with E-state index in [1.807, 2.05) is 12.1 Å². The van der Waals surface area contributed by atoms with Crippen LogP contribution in [0.15, 0.2) is 186 Å². The fourth-order valence-corrected chi connectivity index (χ4v) is 8.20. The second-order valence-corrected chi connectivity index (χ2v) is 13.3. The third-order valence-electron chi connectivity index (χ3n) is 10.5. The zero-order valence-corrected chi connectivity index (χ0v) is 27.6. The summed E-state index contributed by atoms with van der Waals surface area (Å²) in [6.07, 6.45) is 0. The van der Waals surface area contributed by atoms with Gasteiger partial charge in [-0.3, -0.25) is 0 Å². The Morgan fingerprint density at radius 2 is 0.824 bits per heavy atom. The summed E-state index contributed by atoms with van der Waals surface area (Å²) in [7, 11) is 0. The van der Waals surface area contributed by atoms with E-state index in [4.69, 9.17) is 4.42 Å². The van der Waals surface area contributed by atoms with Crippen LogP contribution in [0.5, 0.6) is 0 Å². The lowest BCUT2D eigenvalue weighted by Gasteiger charge is -2.10. The van der Waals surface area contributed by atoms with E-state index in [1.165, 1.54) is 54.7 Å². The predicted molar refractivity (Wildman–Crippen MR) is 213 cm³/mol. The van der Waals surface area contributed by atoms with Crippen LogP contribution in [0.25, 0.3) is 99.2 Å². The number of hydrogen-bond acceptors (Lipinski definition) is 1. The second kappa shape index (κ2) is 10.8. The Hall–Kier alpha value is -6.84. The SMILES string of the molecule is c1ccc(-n2c3ccc(-c4ccc(-n5c6ccccc6c6ccccc65)cc4)cc3c3cc(-c4cccc5c4oc4ccccc45)ccc32)cc1. The van der Waals surface area contributed by atoms with Gasteiger partial charge in [0.05, 0.1) is 22.1 Å². The van der Waals surface area contributed by atoms with Crippen molar-refractivity contribution in [2.24, 2.45) is 0 Å². The number of para-hydroxylation sites is 5. The molecular weight excluding hydrogens is 621 g/mol. The second-order valence-electron chi connectivity index (χ2n) is 13.3. The van der Waals surface area contributed by atoms with E-state index in [-0.39, 0.29) is 0 Å². The van der Waals surface area contributed by atoms with Gasteiger partial charge in [-0.1, -0.05) is 115 Å². The van der Waals surface area contributed by atoms with E-state index in [1.54, 1.807) is 0 Å². The number of furan rings is 1. The molecule has 11 aromatic rings. The number of aromatic nitrogens is 2. The first-order valence-corrected chi connectivity index (χ1v) is 17.4. The smallest absolute Gasteiger partial charge is 0.143 e. The molecule has 0 aliphatic carbocycles. The number of benzene rings is 8. The summed E-state index contributed by atoms with van der Waals surface area (Å²) in [5.41, 5.74) is 13.5. The highest BCUT2D eigenvalue weighted by Gasteiger charge is 2.17. The molecule has 0 atom stereocenters. The molecule has 3 nitrogen and oxygen atoms in total. The molecule has 0 saturated heterocycles. The minimum atomic E-state index is 0.913. The number of hydrogen-bond donors (Lipinski definition) is 0. The van der Waals surface area contributed by atoms with Crippen LogP contribution < -0.4 is 0 Å². The molecule has 0 spiro atoms. The molecule has 0 aliphatic rings. The quantitative estimate of drug-likeness (QED) is 0.186. The monoisotopic (exact) mass is 650 g/mol. The molecule has 0 saturated carbocycles. The van der Waals surface area contributed by atoms with Crippen LogP contribution in [0.2, 0.25) is 0 Å². The van der Waals surface area contributed by atoms with Crippen molar-refractivity contribution in [3.63, 3.8) is 0 Å². The van der Waals surface area contributed by atoms with Crippen molar-refractivity contribution in [2.75, 3.05) is 0 Å². The highest BCUT2D eigenvalue weighted by atomic mass is 16.3. The van der Waals surface area contributed by atoms with Gasteiger partial charge in [-0.05, 0) is 83.4 Å². The van der Waals surface area contributed by atoms with Crippen LogP contribution in [0.1, 0.15) is 0 Å². The van der Waals surface area contributed by atoms with Crippen LogP contribution in [-0.4, -0.2) is 9.13 Å². The lowest BCUT2D eigenvalue weighted by Crippen LogP contribution is -1.94. The van der Waals surface area contributed by atoms with Crippen molar-refractivity contribution in [3.05, 3.63) is 182 Å². The Balaban J connectivity index is 1.09. The third kappa shape index (κ3) is 4.19. The van der Waals surface area contributed by atoms with Crippen molar-refractivity contribution in [2.45, 2.75) is 0 Å². The molecule has 51 heavy (non-hydrogen) atoms. The van der Waals surface area contributed by atoms with Crippen LogP contribution in [0.3, 0.4) is 0 Å². The maximum Gasteiger partial charge on any atom is 0.143 e. The number of fused-ring (bicyclic) bond motifs is 9. The first kappa shape index (κ1) is 28.0. The summed E-state index contributed by atoms with van der Waals surface area (Å²) in [5, 5.41) is 7.26. The molecule has 3 aromatic heterocycles. The highest BCUT2D eigenvalue weighted by Crippen LogP contribution is 2.41. The van der Waals surface area contributed by atoms with Crippen molar-refractivity contribution in [3.8, 4) is 33.6 Å². The Morgan fingerprint density at radius 3 is 1.53 bits per heavy atom. The third-order valence-corrected chi connectivity index (χ3v) is 10.5. The summed E-state index contributed by atoms with van der Waals surface area (Å²) < 4.78 is 11.2. The zero-order chi connectivity index (χ0) is 33.5. The molecular formula is C48H30N2O. The minimum Gasteiger partial charge on any atom is -0.455 e. The van der Waals surface area contributed by atoms with Gasteiger partial charge in [0.15, 0.2) is 0 Å². The maximum absolute atomic E-state index is 6.47. The van der Waals surface area contributed by atoms with Crippen molar-refractivity contribution in [1.29, 1.82) is 0 Å². The fraction of sp³-hybridized carbons (Fsp3) is 0. The first-order chi connectivity index (χ1) is 25.3. The summed E-state index contributed by atoms with van der Waals surface area (Å²) >= 11 is 0. The summed E-state index contributed by atoms with van der Waals surface area (Å²) in [6, 6.07) is 65.5. The molecule has 238 valence electrons. The molecule has 3 heterocycles. The predicted octanol–water partition coefficient (Wildman–Crippen LogP) is 13.1. The first-order valence-electron chi connectivity index (χ1n) is 17.4. The molecule has 0 radical (unpaired) electrons. The van der Waals surface area contributed by atoms with Gasteiger partial charge in [-0.25, -0.2) is 0 Å². The fourth-order valence-electron chi connectivity index (χ4n) is 8.20. The van der Waals surface area contributed by atoms with Gasteiger partial charge in [0.1, 0.15) is 11.2 Å². The molecule has 0 aliphatic heterocycles. The molecule has 0 N–H and O–H groups in total. The van der Waals surface area contributed by atoms with Gasteiger partial charge in [0.2, 0.25) is 0 Å². The summed E-state index contributed by atoms with van der Waals surface area (Å²) in [4.78, 5) is 0. The number of nitrogens with zero attached hydrogens (tertiary/aromatic N) is 2. The topological polar surface area (TPSA) is 23.0 Å². The Bertz CT molecular complexity index is 3070. The van der Waals surface area contributed by atoms with Crippen molar-refractivity contribution < 1.29 is 4.42 Å². The van der Waals surface area contributed by atoms with E-state index >= 15 is 0 Å². The lowest BCUT2D eigenvalue weighted by atomic mass is 9.99. The Morgan fingerprint density at radius 1 is 0.314 bits per heavy atom. The molecule has 0 bridgehead atoms. The van der Waals surface area contributed by atoms with Crippen LogP contribution >= 0.6 is 0 Å². The van der Waals surface area contributed by atoms with E-state index in [9.17, 15) is 0 Å². The van der Waals surface area contributed by atoms with E-state index < -0.39 is 0 Å². The van der Waals surface area contributed by atoms with Gasteiger partial charge in [-0.15, -0.1) is 0 Å². The normalized spacial score (nSPS) is 11.9. The Kier molecular flexibility index (Phi) is 5.96. The average molecular weight is 651 g/mol. The molecule has 0 fully saturated rings. The van der Waals surface area contributed by atoms with Crippen LogP contribution in [-0.2, 0) is 0 Å². The van der Waals surface area contributed by atoms with E-state index in [2.05, 4.69) is 179 Å². The summed E-state index contributed by atoms with van der Waals surface area (Å²) in [6.45, 7) is 0. The number of rotatable bonds is 4. The molecule has 0 amide bonds. The molecule has 8 aromatic carbocycles. The molecule has 0 unspecified atom stereocenters. The zero-order valence-electron chi connectivity index (χ0n) is 27.6. The molecule has 11 rings (SSSR count). The van der Waals surface area contributed by atoms with E-state index in [0.717, 1.165) is 44.4 Å². The maximum atomic E-state index is 6.47. The highest BCUT2D eigenvalue weighted by molar-refractivity contribution is 6.14. The standard InChI is InChI=1S/C48H30N2O/c1-2-11-34(12-3-1)49-45-27-23-32(31-21-25-35(26-22-31)50-43-18-7-4-13-37(43)38-14-5-8-19-44(38)50)29-41(45)42-30-33(24-28-46(42)49)36-16-10-17-40-39-15-6-9-20-47(39)51-48(36)40/h1-30H. The Labute approximate surface area is 293 Å². The van der Waals surface area contributed by atoms with Gasteiger partial charge < -0.3 is 13.6 Å². The van der Waals surface area contributed by atoms with E-state index in [0.29, 0.717) is 0 Å². The van der Waals surface area contributed by atoms with Gasteiger partial charge in [0, 0.05) is 49.3 Å². The van der Waals surface area contributed by atoms with Crippen molar-refractivity contribution >= 4 is 65.6 Å². The van der Waals surface area contributed by atoms with Gasteiger partial charge >= 0.3 is 0 Å². The van der Waals surface area contributed by atoms with Crippen LogP contribution in [0.4, 0.5) is 0 Å². The van der Waals surface area contributed by atoms with Crippen LogP contribution in [0, 0.1) is 0 Å². The average Bonchev–Trinajstić information content (AvgIpc) is 3.86. The minimum absolute atomic E-state index is 0.913. The summed E-state index contributed by atoms with van der Waals surface area (Å²) in [5.74, 6) is 0. The molecule has 3 heteroatoms. The lowest BCUT2D eigenvalue weighted by molar-refractivity contribution is 0.670. The van der Waals surface area contributed by atoms with Crippen molar-refractivity contribution in [1.82, 2.24) is 9.13 Å².